The summed E-state index contributed by atoms with van der Waals surface area (Å²) in [5, 5.41) is 0. The van der Waals surface area contributed by atoms with Crippen molar-refractivity contribution in [1.82, 2.24) is 0 Å². The van der Waals surface area contributed by atoms with Gasteiger partial charge >= 0.3 is 0 Å². The molecule has 0 aliphatic heterocycles. The van der Waals surface area contributed by atoms with E-state index in [1.165, 1.54) is 12.0 Å². The molecule has 0 aromatic rings. The quantitative estimate of drug-likeness (QED) is 0.557. The van der Waals surface area contributed by atoms with Crippen molar-refractivity contribution in [2.45, 2.75) is 40.0 Å². The summed E-state index contributed by atoms with van der Waals surface area (Å²) < 4.78 is 0. The lowest BCUT2D eigenvalue weighted by Gasteiger charge is -2.25. The fraction of sp³-hybridized carbons (Fsp3) is 0.750. The van der Waals surface area contributed by atoms with Crippen LogP contribution in [0.25, 0.3) is 0 Å². The molecule has 0 spiro atoms. The molecular formula is C12H18O. The molecule has 0 bridgehead atoms. The van der Waals surface area contributed by atoms with Gasteiger partial charge in [-0.25, -0.2) is 0 Å². The maximum atomic E-state index is 11.3. The summed E-state index contributed by atoms with van der Waals surface area (Å²) in [7, 11) is 0. The molecule has 0 aromatic carbocycles. The molecule has 13 heavy (non-hydrogen) atoms. The zero-order valence-electron chi connectivity index (χ0n) is 8.76. The van der Waals surface area contributed by atoms with Gasteiger partial charge in [0.05, 0.1) is 0 Å². The van der Waals surface area contributed by atoms with E-state index in [0.29, 0.717) is 11.7 Å². The average Bonchev–Trinajstić information content (AvgIpc) is 2.23. The van der Waals surface area contributed by atoms with Crippen molar-refractivity contribution >= 4 is 5.78 Å². The third-order valence-corrected chi connectivity index (χ3v) is 3.72. The average molecular weight is 178 g/mol. The highest BCUT2D eigenvalue weighted by molar-refractivity contribution is 5.91. The largest absolute Gasteiger partial charge is 0.295 e. The molecular weight excluding hydrogens is 160 g/mol. The zero-order valence-corrected chi connectivity index (χ0v) is 8.76. The molecule has 0 saturated heterocycles. The molecule has 2 aliphatic carbocycles. The maximum absolute atomic E-state index is 11.3. The van der Waals surface area contributed by atoms with Gasteiger partial charge in [0.2, 0.25) is 0 Å². The summed E-state index contributed by atoms with van der Waals surface area (Å²) in [6.07, 6.45) is 5.04. The maximum Gasteiger partial charge on any atom is 0.155 e. The van der Waals surface area contributed by atoms with E-state index in [4.69, 9.17) is 0 Å². The van der Waals surface area contributed by atoms with Crippen LogP contribution in [-0.4, -0.2) is 5.78 Å². The van der Waals surface area contributed by atoms with Crippen molar-refractivity contribution in [2.75, 3.05) is 0 Å². The van der Waals surface area contributed by atoms with Crippen LogP contribution in [0.2, 0.25) is 0 Å². The predicted octanol–water partition coefficient (Wildman–Crippen LogP) is 2.96. The van der Waals surface area contributed by atoms with Crippen LogP contribution in [0, 0.1) is 17.3 Å². The van der Waals surface area contributed by atoms with E-state index < -0.39 is 0 Å². The number of rotatable bonds is 0. The summed E-state index contributed by atoms with van der Waals surface area (Å²) in [6.45, 7) is 6.87. The topological polar surface area (TPSA) is 17.1 Å². The highest BCUT2D eigenvalue weighted by Gasteiger charge is 2.42. The minimum absolute atomic E-state index is 0.278. The first-order valence-corrected chi connectivity index (χ1v) is 5.25. The van der Waals surface area contributed by atoms with E-state index in [9.17, 15) is 4.79 Å². The van der Waals surface area contributed by atoms with Crippen LogP contribution in [0.5, 0.6) is 0 Å². The second kappa shape index (κ2) is 2.70. The van der Waals surface area contributed by atoms with Gasteiger partial charge in [-0.2, -0.15) is 0 Å². The number of carbonyl (C=O) groups excluding carboxylic acids is 1. The van der Waals surface area contributed by atoms with E-state index in [1.807, 2.05) is 6.08 Å². The predicted molar refractivity (Wildman–Crippen MR) is 53.4 cm³/mol. The summed E-state index contributed by atoms with van der Waals surface area (Å²) in [4.78, 5) is 11.3. The second-order valence-corrected chi connectivity index (χ2v) is 5.28. The van der Waals surface area contributed by atoms with Gasteiger partial charge in [0.1, 0.15) is 0 Å². The lowest BCUT2D eigenvalue weighted by molar-refractivity contribution is -0.115. The van der Waals surface area contributed by atoms with E-state index >= 15 is 0 Å². The van der Waals surface area contributed by atoms with E-state index in [1.54, 1.807) is 0 Å². The first-order chi connectivity index (χ1) is 6.00. The summed E-state index contributed by atoms with van der Waals surface area (Å²) in [6, 6.07) is 0. The molecule has 1 saturated carbocycles. The zero-order chi connectivity index (χ0) is 9.64. The molecule has 0 heterocycles. The van der Waals surface area contributed by atoms with Gasteiger partial charge in [-0.3, -0.25) is 4.79 Å². The molecule has 1 heteroatoms. The van der Waals surface area contributed by atoms with Crippen LogP contribution in [0.1, 0.15) is 40.0 Å². The lowest BCUT2D eigenvalue weighted by Crippen LogP contribution is -2.18. The number of carbonyl (C=O) groups is 1. The van der Waals surface area contributed by atoms with Gasteiger partial charge in [-0.05, 0) is 36.2 Å². The Kier molecular flexibility index (Phi) is 1.86. The Morgan fingerprint density at radius 3 is 2.85 bits per heavy atom. The molecule has 72 valence electrons. The molecule has 2 atom stereocenters. The normalized spacial score (nSPS) is 37.2. The highest BCUT2D eigenvalue weighted by atomic mass is 16.1. The van der Waals surface area contributed by atoms with Crippen LogP contribution in [0.15, 0.2) is 11.6 Å². The summed E-state index contributed by atoms with van der Waals surface area (Å²) in [5.41, 5.74) is 1.71. The fourth-order valence-electron chi connectivity index (χ4n) is 3.16. The van der Waals surface area contributed by atoms with Crippen molar-refractivity contribution in [3.63, 3.8) is 0 Å². The molecule has 0 aromatic heterocycles. The lowest BCUT2D eigenvalue weighted by atomic mass is 9.79. The van der Waals surface area contributed by atoms with Gasteiger partial charge in [0.15, 0.2) is 5.78 Å². The van der Waals surface area contributed by atoms with Crippen molar-refractivity contribution in [2.24, 2.45) is 17.3 Å². The van der Waals surface area contributed by atoms with Gasteiger partial charge in [0, 0.05) is 6.42 Å². The number of hydrogen-bond acceptors (Lipinski definition) is 1. The molecule has 0 amide bonds. The van der Waals surface area contributed by atoms with Gasteiger partial charge < -0.3 is 0 Å². The van der Waals surface area contributed by atoms with Crippen molar-refractivity contribution in [3.05, 3.63) is 11.6 Å². The van der Waals surface area contributed by atoms with Crippen LogP contribution >= 0.6 is 0 Å². The Hall–Kier alpha value is -0.590. The van der Waals surface area contributed by atoms with Gasteiger partial charge in [0.25, 0.3) is 0 Å². The molecule has 0 N–H and O–H groups in total. The first kappa shape index (κ1) is 8.98. The Labute approximate surface area is 80.2 Å². The Morgan fingerprint density at radius 2 is 2.15 bits per heavy atom. The van der Waals surface area contributed by atoms with Crippen LogP contribution < -0.4 is 0 Å². The van der Waals surface area contributed by atoms with Crippen LogP contribution in [-0.2, 0) is 4.79 Å². The standard InChI is InChI=1S/C12H18O/c1-8-7-12(2,3)11-6-9(13)4-5-10(8)11/h6,8,10H,4-5,7H2,1-3H3. The smallest absolute Gasteiger partial charge is 0.155 e. The number of fused-ring (bicyclic) bond motifs is 1. The SMILES string of the molecule is CC1CC(C)(C)C2=CC(=O)CCC21. The third-order valence-electron chi connectivity index (χ3n) is 3.72. The van der Waals surface area contributed by atoms with Crippen molar-refractivity contribution in [1.29, 1.82) is 0 Å². The van der Waals surface area contributed by atoms with E-state index in [2.05, 4.69) is 20.8 Å². The number of ketones is 1. The Morgan fingerprint density at radius 1 is 1.46 bits per heavy atom. The van der Waals surface area contributed by atoms with E-state index in [-0.39, 0.29) is 5.41 Å². The minimum Gasteiger partial charge on any atom is -0.295 e. The molecule has 1 fully saturated rings. The van der Waals surface area contributed by atoms with Gasteiger partial charge in [-0.1, -0.05) is 26.3 Å². The molecule has 1 nitrogen and oxygen atoms in total. The van der Waals surface area contributed by atoms with Crippen LogP contribution in [0.3, 0.4) is 0 Å². The molecule has 0 radical (unpaired) electrons. The highest BCUT2D eigenvalue weighted by Crippen LogP contribution is 2.52. The first-order valence-electron chi connectivity index (χ1n) is 5.25. The molecule has 2 unspecified atom stereocenters. The Balaban J connectivity index is 2.38. The number of allylic oxidation sites excluding steroid dienone is 2. The summed E-state index contributed by atoms with van der Waals surface area (Å²) in [5.74, 6) is 1.82. The van der Waals surface area contributed by atoms with Crippen molar-refractivity contribution < 1.29 is 4.79 Å². The fourth-order valence-corrected chi connectivity index (χ4v) is 3.16. The number of hydrogen-bond donors (Lipinski definition) is 0. The summed E-state index contributed by atoms with van der Waals surface area (Å²) >= 11 is 0. The molecule has 2 aliphatic rings. The monoisotopic (exact) mass is 178 g/mol. The van der Waals surface area contributed by atoms with Crippen molar-refractivity contribution in [3.8, 4) is 0 Å². The van der Waals surface area contributed by atoms with E-state index in [0.717, 1.165) is 18.8 Å². The van der Waals surface area contributed by atoms with Gasteiger partial charge in [-0.15, -0.1) is 0 Å². The molecule has 2 rings (SSSR count). The Bertz CT molecular complexity index is 273. The second-order valence-electron chi connectivity index (χ2n) is 5.28. The third kappa shape index (κ3) is 1.34. The van der Waals surface area contributed by atoms with Crippen LogP contribution in [0.4, 0.5) is 0 Å². The minimum atomic E-state index is 0.278.